The van der Waals surface area contributed by atoms with Gasteiger partial charge in [0.15, 0.2) is 16.7 Å². The zero-order valence-electron chi connectivity index (χ0n) is 17.1. The second-order valence-electron chi connectivity index (χ2n) is 7.37. The van der Waals surface area contributed by atoms with Gasteiger partial charge in [0.05, 0.1) is 11.4 Å². The Morgan fingerprint density at radius 1 is 1.03 bits per heavy atom. The van der Waals surface area contributed by atoms with Crippen LogP contribution in [0.4, 0.5) is 4.39 Å². The fraction of sp³-hybridized carbons (Fsp3) is 0.217. The van der Waals surface area contributed by atoms with Crippen molar-refractivity contribution in [3.8, 4) is 17.1 Å². The first-order chi connectivity index (χ1) is 15.7. The molecule has 2 aromatic heterocycles. The molecular formula is C23H20FN5O2S. The number of halogens is 1. The molecule has 32 heavy (non-hydrogen) atoms. The van der Waals surface area contributed by atoms with Crippen LogP contribution in [0.1, 0.15) is 29.2 Å². The summed E-state index contributed by atoms with van der Waals surface area (Å²) in [5.74, 6) is 0.788. The summed E-state index contributed by atoms with van der Waals surface area (Å²) in [4.78, 5) is 18.6. The first-order valence-corrected chi connectivity index (χ1v) is 11.3. The van der Waals surface area contributed by atoms with Crippen LogP contribution in [0.5, 0.6) is 0 Å². The number of nitrogens with zero attached hydrogens (tertiary/aromatic N) is 5. The van der Waals surface area contributed by atoms with E-state index in [0.717, 1.165) is 31.5 Å². The van der Waals surface area contributed by atoms with E-state index in [0.29, 0.717) is 34.0 Å². The molecule has 0 atom stereocenters. The summed E-state index contributed by atoms with van der Waals surface area (Å²) >= 11 is 1.32. The van der Waals surface area contributed by atoms with Crippen LogP contribution >= 0.6 is 11.8 Å². The van der Waals surface area contributed by atoms with Crippen molar-refractivity contribution in [2.24, 2.45) is 0 Å². The Balaban J connectivity index is 1.41. The number of aromatic nitrogens is 4. The Hall–Kier alpha value is -3.46. The van der Waals surface area contributed by atoms with Crippen LogP contribution in [0.2, 0.25) is 0 Å². The molecule has 0 radical (unpaired) electrons. The van der Waals surface area contributed by atoms with Gasteiger partial charge in [-0.15, -0.1) is 10.2 Å². The standard InChI is InChI=1S/C23H20FN5O2S/c24-17-10-4-5-11-19(17)29-21(16-8-2-1-3-9-16)26-27-23(29)32-15-20-25-18(14-31-20)22(30)28-12-6-7-13-28/h1-5,8-11,14H,6-7,12-13,15H2. The van der Waals surface area contributed by atoms with E-state index in [-0.39, 0.29) is 11.7 Å². The summed E-state index contributed by atoms with van der Waals surface area (Å²) in [6.45, 7) is 1.51. The summed E-state index contributed by atoms with van der Waals surface area (Å²) in [5.41, 5.74) is 1.49. The SMILES string of the molecule is O=C(c1coc(CSc2nnc(-c3ccccc3)n2-c2ccccc2F)n1)N1CCCC1. The van der Waals surface area contributed by atoms with Crippen molar-refractivity contribution >= 4 is 17.7 Å². The minimum atomic E-state index is -0.374. The van der Waals surface area contributed by atoms with Gasteiger partial charge in [-0.1, -0.05) is 54.2 Å². The van der Waals surface area contributed by atoms with Gasteiger partial charge >= 0.3 is 0 Å². The van der Waals surface area contributed by atoms with Crippen LogP contribution in [0.25, 0.3) is 17.1 Å². The maximum atomic E-state index is 14.7. The van der Waals surface area contributed by atoms with Crippen LogP contribution in [-0.4, -0.2) is 43.6 Å². The molecule has 0 saturated carbocycles. The maximum absolute atomic E-state index is 14.7. The molecule has 1 aliphatic rings. The molecule has 3 heterocycles. The van der Waals surface area contributed by atoms with Crippen LogP contribution in [0.15, 0.2) is 70.4 Å². The van der Waals surface area contributed by atoms with Crippen molar-refractivity contribution in [3.63, 3.8) is 0 Å². The predicted octanol–water partition coefficient (Wildman–Crippen LogP) is 4.59. The third-order valence-corrected chi connectivity index (χ3v) is 6.16. The van der Waals surface area contributed by atoms with Crippen molar-refractivity contribution in [3.05, 3.63) is 78.3 Å². The van der Waals surface area contributed by atoms with Gasteiger partial charge in [0.25, 0.3) is 5.91 Å². The molecule has 0 unspecified atom stereocenters. The largest absolute Gasteiger partial charge is 0.447 e. The van der Waals surface area contributed by atoms with Gasteiger partial charge in [0, 0.05) is 18.7 Å². The summed E-state index contributed by atoms with van der Waals surface area (Å²) in [6.07, 6.45) is 3.43. The smallest absolute Gasteiger partial charge is 0.275 e. The molecule has 1 fully saturated rings. The van der Waals surface area contributed by atoms with Gasteiger partial charge in [0.1, 0.15) is 12.1 Å². The lowest BCUT2D eigenvalue weighted by atomic mass is 10.2. The predicted molar refractivity (Wildman–Crippen MR) is 118 cm³/mol. The van der Waals surface area contributed by atoms with Gasteiger partial charge in [-0.25, -0.2) is 9.37 Å². The molecule has 2 aromatic carbocycles. The van der Waals surface area contributed by atoms with E-state index >= 15 is 0 Å². The van der Waals surface area contributed by atoms with Crippen LogP contribution in [-0.2, 0) is 5.75 Å². The number of hydrogen-bond donors (Lipinski definition) is 0. The highest BCUT2D eigenvalue weighted by Crippen LogP contribution is 2.30. The van der Waals surface area contributed by atoms with E-state index in [4.69, 9.17) is 4.42 Å². The quantitative estimate of drug-likeness (QED) is 0.401. The molecule has 162 valence electrons. The van der Waals surface area contributed by atoms with Crippen LogP contribution in [0.3, 0.4) is 0 Å². The van der Waals surface area contributed by atoms with Crippen LogP contribution < -0.4 is 0 Å². The molecule has 9 heteroatoms. The Kier molecular flexibility index (Phi) is 5.72. The lowest BCUT2D eigenvalue weighted by Gasteiger charge is -2.12. The fourth-order valence-electron chi connectivity index (χ4n) is 3.67. The van der Waals surface area contributed by atoms with Crippen molar-refractivity contribution in [1.82, 2.24) is 24.6 Å². The number of amides is 1. The van der Waals surface area contributed by atoms with E-state index in [1.807, 2.05) is 30.3 Å². The highest BCUT2D eigenvalue weighted by molar-refractivity contribution is 7.98. The molecule has 1 saturated heterocycles. The van der Waals surface area contributed by atoms with E-state index < -0.39 is 0 Å². The Labute approximate surface area is 188 Å². The highest BCUT2D eigenvalue weighted by Gasteiger charge is 2.23. The average Bonchev–Trinajstić information content (AvgIpc) is 3.59. The number of para-hydroxylation sites is 1. The third kappa shape index (κ3) is 4.03. The minimum Gasteiger partial charge on any atom is -0.447 e. The normalized spacial score (nSPS) is 13.6. The van der Waals surface area contributed by atoms with Crippen molar-refractivity contribution in [2.75, 3.05) is 13.1 Å². The molecule has 0 N–H and O–H groups in total. The molecule has 0 bridgehead atoms. The second kappa shape index (κ2) is 8.96. The zero-order chi connectivity index (χ0) is 21.9. The first kappa shape index (κ1) is 20.4. The van der Waals surface area contributed by atoms with E-state index in [1.54, 1.807) is 27.7 Å². The zero-order valence-corrected chi connectivity index (χ0v) is 18.0. The average molecular weight is 450 g/mol. The van der Waals surface area contributed by atoms with E-state index in [9.17, 15) is 9.18 Å². The summed E-state index contributed by atoms with van der Waals surface area (Å²) in [5, 5.41) is 9.11. The lowest BCUT2D eigenvalue weighted by Crippen LogP contribution is -2.27. The number of hydrogen-bond acceptors (Lipinski definition) is 6. The number of benzene rings is 2. The number of likely N-dealkylation sites (tertiary alicyclic amines) is 1. The van der Waals surface area contributed by atoms with Crippen molar-refractivity contribution < 1.29 is 13.6 Å². The monoisotopic (exact) mass is 449 g/mol. The molecule has 0 spiro atoms. The third-order valence-electron chi connectivity index (χ3n) is 5.25. The van der Waals surface area contributed by atoms with E-state index in [1.165, 1.54) is 24.1 Å². The fourth-order valence-corrected chi connectivity index (χ4v) is 4.47. The topological polar surface area (TPSA) is 77.0 Å². The van der Waals surface area contributed by atoms with Gasteiger partial charge in [-0.05, 0) is 25.0 Å². The molecular weight excluding hydrogens is 429 g/mol. The maximum Gasteiger partial charge on any atom is 0.275 e. The molecule has 7 nitrogen and oxygen atoms in total. The van der Waals surface area contributed by atoms with Gasteiger partial charge in [-0.2, -0.15) is 0 Å². The van der Waals surface area contributed by atoms with E-state index in [2.05, 4.69) is 15.2 Å². The van der Waals surface area contributed by atoms with Crippen molar-refractivity contribution in [2.45, 2.75) is 23.8 Å². The molecule has 1 aliphatic heterocycles. The molecule has 0 aliphatic carbocycles. The van der Waals surface area contributed by atoms with Gasteiger partial charge < -0.3 is 9.32 Å². The Morgan fingerprint density at radius 2 is 1.78 bits per heavy atom. The highest BCUT2D eigenvalue weighted by atomic mass is 32.2. The van der Waals surface area contributed by atoms with Gasteiger partial charge in [0.2, 0.25) is 5.89 Å². The van der Waals surface area contributed by atoms with Crippen molar-refractivity contribution in [1.29, 1.82) is 0 Å². The summed E-state index contributed by atoms with van der Waals surface area (Å²) in [6, 6.07) is 16.0. The number of oxazole rings is 1. The summed E-state index contributed by atoms with van der Waals surface area (Å²) in [7, 11) is 0. The molecule has 1 amide bonds. The summed E-state index contributed by atoms with van der Waals surface area (Å²) < 4.78 is 21.9. The minimum absolute atomic E-state index is 0.108. The van der Waals surface area contributed by atoms with Crippen LogP contribution in [0, 0.1) is 5.82 Å². The number of carbonyl (C=O) groups is 1. The number of carbonyl (C=O) groups excluding carboxylic acids is 1. The number of thioether (sulfide) groups is 1. The Morgan fingerprint density at radius 3 is 2.56 bits per heavy atom. The second-order valence-corrected chi connectivity index (χ2v) is 8.32. The van der Waals surface area contributed by atoms with Gasteiger partial charge in [-0.3, -0.25) is 9.36 Å². The first-order valence-electron chi connectivity index (χ1n) is 10.3. The molecule has 5 rings (SSSR count). The Bertz CT molecular complexity index is 1230. The lowest BCUT2D eigenvalue weighted by molar-refractivity contribution is 0.0787. The number of rotatable bonds is 6. The molecule has 4 aromatic rings.